The lowest BCUT2D eigenvalue weighted by atomic mass is 10.1. The van der Waals surface area contributed by atoms with Gasteiger partial charge in [0.05, 0.1) is 5.75 Å². The standard InChI is InChI=1S/C20H18BrN5OS/c1-2-26-17(11-14-7-4-3-5-8-14)23-24-20(26)28-13-18-22-19(25-27-18)15-9-6-10-16(21)12-15/h3-10,12H,2,11,13H2,1H3. The Hall–Kier alpha value is -2.45. The largest absolute Gasteiger partial charge is 0.338 e. The average molecular weight is 456 g/mol. The molecule has 4 aromatic rings. The monoisotopic (exact) mass is 455 g/mol. The lowest BCUT2D eigenvalue weighted by molar-refractivity contribution is 0.391. The zero-order chi connectivity index (χ0) is 19.3. The topological polar surface area (TPSA) is 69.6 Å². The molecule has 0 aliphatic heterocycles. The van der Waals surface area contributed by atoms with Crippen LogP contribution in [0.2, 0.25) is 0 Å². The number of benzene rings is 2. The van der Waals surface area contributed by atoms with Crippen LogP contribution < -0.4 is 0 Å². The molecule has 0 atom stereocenters. The van der Waals surface area contributed by atoms with Gasteiger partial charge in [0.15, 0.2) is 5.16 Å². The third-order valence-corrected chi connectivity index (χ3v) is 5.64. The molecule has 0 saturated heterocycles. The summed E-state index contributed by atoms with van der Waals surface area (Å²) in [5.74, 6) is 2.65. The van der Waals surface area contributed by atoms with E-state index in [-0.39, 0.29) is 0 Å². The van der Waals surface area contributed by atoms with E-state index in [1.807, 2.05) is 42.5 Å². The molecule has 0 unspecified atom stereocenters. The number of halogens is 1. The van der Waals surface area contributed by atoms with E-state index >= 15 is 0 Å². The number of hydrogen-bond donors (Lipinski definition) is 0. The summed E-state index contributed by atoms with van der Waals surface area (Å²) >= 11 is 5.01. The fraction of sp³-hybridized carbons (Fsp3) is 0.200. The molecule has 0 aliphatic carbocycles. The Morgan fingerprint density at radius 3 is 2.71 bits per heavy atom. The minimum Gasteiger partial charge on any atom is -0.338 e. The lowest BCUT2D eigenvalue weighted by Crippen LogP contribution is -2.04. The van der Waals surface area contributed by atoms with Crippen LogP contribution in [-0.4, -0.2) is 24.9 Å². The summed E-state index contributed by atoms with van der Waals surface area (Å²) in [6, 6.07) is 18.1. The second-order valence-electron chi connectivity index (χ2n) is 6.12. The summed E-state index contributed by atoms with van der Waals surface area (Å²) in [6.07, 6.45) is 0.760. The van der Waals surface area contributed by atoms with Crippen molar-refractivity contribution >= 4 is 27.7 Å². The van der Waals surface area contributed by atoms with E-state index in [9.17, 15) is 0 Å². The van der Waals surface area contributed by atoms with Gasteiger partial charge in [-0.05, 0) is 24.6 Å². The van der Waals surface area contributed by atoms with E-state index in [1.54, 1.807) is 11.8 Å². The van der Waals surface area contributed by atoms with Gasteiger partial charge in [-0.1, -0.05) is 75.3 Å². The Balaban J connectivity index is 1.45. The Kier molecular flexibility index (Phi) is 5.87. The third kappa shape index (κ3) is 4.34. The smallest absolute Gasteiger partial charge is 0.237 e. The normalized spacial score (nSPS) is 11.1. The molecule has 0 N–H and O–H groups in total. The molecular formula is C20H18BrN5OS. The van der Waals surface area contributed by atoms with Crippen LogP contribution in [0, 0.1) is 0 Å². The summed E-state index contributed by atoms with van der Waals surface area (Å²) in [4.78, 5) is 4.49. The van der Waals surface area contributed by atoms with E-state index in [2.05, 4.69) is 59.9 Å². The van der Waals surface area contributed by atoms with Gasteiger partial charge in [-0.2, -0.15) is 4.98 Å². The molecule has 0 spiro atoms. The van der Waals surface area contributed by atoms with E-state index in [0.717, 1.165) is 34.0 Å². The Morgan fingerprint density at radius 1 is 1.07 bits per heavy atom. The minimum atomic E-state index is 0.546. The van der Waals surface area contributed by atoms with Crippen LogP contribution >= 0.6 is 27.7 Å². The number of aromatic nitrogens is 5. The fourth-order valence-corrected chi connectivity index (χ4v) is 4.10. The van der Waals surface area contributed by atoms with Crippen LogP contribution in [0.25, 0.3) is 11.4 Å². The maximum atomic E-state index is 5.40. The molecule has 0 fully saturated rings. The first-order valence-electron chi connectivity index (χ1n) is 8.90. The van der Waals surface area contributed by atoms with Crippen molar-refractivity contribution in [3.63, 3.8) is 0 Å². The van der Waals surface area contributed by atoms with Gasteiger partial charge >= 0.3 is 0 Å². The van der Waals surface area contributed by atoms with Gasteiger partial charge in [0.1, 0.15) is 5.82 Å². The first kappa shape index (κ1) is 18.9. The lowest BCUT2D eigenvalue weighted by Gasteiger charge is -2.06. The first-order valence-corrected chi connectivity index (χ1v) is 10.7. The third-order valence-electron chi connectivity index (χ3n) is 4.19. The second kappa shape index (κ2) is 8.70. The number of nitrogens with zero attached hydrogens (tertiary/aromatic N) is 5. The Bertz CT molecular complexity index is 1060. The highest BCUT2D eigenvalue weighted by atomic mass is 79.9. The minimum absolute atomic E-state index is 0.546. The summed E-state index contributed by atoms with van der Waals surface area (Å²) < 4.78 is 8.51. The molecule has 0 saturated carbocycles. The van der Waals surface area contributed by atoms with Gasteiger partial charge in [-0.15, -0.1) is 10.2 Å². The Morgan fingerprint density at radius 2 is 1.93 bits per heavy atom. The predicted octanol–water partition coefficient (Wildman–Crippen LogP) is 4.99. The van der Waals surface area contributed by atoms with E-state index in [4.69, 9.17) is 4.52 Å². The van der Waals surface area contributed by atoms with Gasteiger partial charge in [-0.3, -0.25) is 0 Å². The van der Waals surface area contributed by atoms with Crippen LogP contribution in [0.3, 0.4) is 0 Å². The number of thioether (sulfide) groups is 1. The van der Waals surface area contributed by atoms with Crippen molar-refractivity contribution in [2.24, 2.45) is 0 Å². The van der Waals surface area contributed by atoms with Gasteiger partial charge in [-0.25, -0.2) is 0 Å². The number of hydrogen-bond acceptors (Lipinski definition) is 6. The van der Waals surface area contributed by atoms with Crippen molar-refractivity contribution in [3.8, 4) is 11.4 Å². The highest BCUT2D eigenvalue weighted by molar-refractivity contribution is 9.10. The van der Waals surface area contributed by atoms with Crippen molar-refractivity contribution in [2.75, 3.05) is 0 Å². The van der Waals surface area contributed by atoms with Crippen LogP contribution in [0.15, 0.2) is 68.7 Å². The van der Waals surface area contributed by atoms with Crippen molar-refractivity contribution < 1.29 is 4.52 Å². The van der Waals surface area contributed by atoms with Gasteiger partial charge in [0.2, 0.25) is 11.7 Å². The molecule has 0 bridgehead atoms. The highest BCUT2D eigenvalue weighted by Crippen LogP contribution is 2.25. The second-order valence-corrected chi connectivity index (χ2v) is 7.97. The quantitative estimate of drug-likeness (QED) is 0.365. The van der Waals surface area contributed by atoms with Crippen LogP contribution in [0.5, 0.6) is 0 Å². The predicted molar refractivity (Wildman–Crippen MR) is 112 cm³/mol. The van der Waals surface area contributed by atoms with E-state index in [1.165, 1.54) is 5.56 Å². The molecule has 4 rings (SSSR count). The van der Waals surface area contributed by atoms with Gasteiger partial charge in [0.25, 0.3) is 0 Å². The first-order chi connectivity index (χ1) is 13.7. The maximum Gasteiger partial charge on any atom is 0.237 e. The average Bonchev–Trinajstić information content (AvgIpc) is 3.34. The van der Waals surface area contributed by atoms with Gasteiger partial charge < -0.3 is 9.09 Å². The Labute approximate surface area is 175 Å². The summed E-state index contributed by atoms with van der Waals surface area (Å²) in [7, 11) is 0. The highest BCUT2D eigenvalue weighted by Gasteiger charge is 2.15. The molecule has 8 heteroatoms. The van der Waals surface area contributed by atoms with Crippen molar-refractivity contribution in [3.05, 3.63) is 76.3 Å². The molecule has 0 radical (unpaired) electrons. The summed E-state index contributed by atoms with van der Waals surface area (Å²) in [5.41, 5.74) is 2.13. The van der Waals surface area contributed by atoms with Crippen LogP contribution in [-0.2, 0) is 18.7 Å². The molecule has 28 heavy (non-hydrogen) atoms. The zero-order valence-electron chi connectivity index (χ0n) is 15.2. The molecule has 2 aromatic carbocycles. The molecule has 2 aromatic heterocycles. The molecule has 6 nitrogen and oxygen atoms in total. The fourth-order valence-electron chi connectivity index (χ4n) is 2.84. The maximum absolute atomic E-state index is 5.40. The molecule has 2 heterocycles. The van der Waals surface area contributed by atoms with Crippen molar-refractivity contribution in [2.45, 2.75) is 30.8 Å². The molecule has 0 aliphatic rings. The van der Waals surface area contributed by atoms with Gasteiger partial charge in [0, 0.05) is 23.0 Å². The zero-order valence-corrected chi connectivity index (χ0v) is 17.7. The molecule has 142 valence electrons. The molecule has 0 amide bonds. The summed E-state index contributed by atoms with van der Waals surface area (Å²) in [6.45, 7) is 2.91. The van der Waals surface area contributed by atoms with E-state index in [0.29, 0.717) is 17.5 Å². The van der Waals surface area contributed by atoms with Crippen molar-refractivity contribution in [1.82, 2.24) is 24.9 Å². The van der Waals surface area contributed by atoms with Crippen LogP contribution in [0.4, 0.5) is 0 Å². The van der Waals surface area contributed by atoms with E-state index < -0.39 is 0 Å². The van der Waals surface area contributed by atoms with Crippen LogP contribution in [0.1, 0.15) is 24.2 Å². The SMILES string of the molecule is CCn1c(Cc2ccccc2)nnc1SCc1nc(-c2cccc(Br)c2)no1. The van der Waals surface area contributed by atoms with Crippen molar-refractivity contribution in [1.29, 1.82) is 0 Å². The number of rotatable bonds is 7. The molecular weight excluding hydrogens is 438 g/mol. The summed E-state index contributed by atoms with van der Waals surface area (Å²) in [5, 5.41) is 13.7.